The van der Waals surface area contributed by atoms with Gasteiger partial charge in [-0.15, -0.1) is 0 Å². The zero-order chi connectivity index (χ0) is 13.2. The molecule has 100 valence electrons. The van der Waals surface area contributed by atoms with Crippen molar-refractivity contribution in [2.75, 3.05) is 18.0 Å². The van der Waals surface area contributed by atoms with E-state index < -0.39 is 0 Å². The quantitative estimate of drug-likeness (QED) is 0.746. The number of anilines is 1. The van der Waals surface area contributed by atoms with Crippen molar-refractivity contribution >= 4 is 34.3 Å². The third kappa shape index (κ3) is 2.53. The van der Waals surface area contributed by atoms with Crippen LogP contribution in [-0.2, 0) is 0 Å². The van der Waals surface area contributed by atoms with Crippen LogP contribution in [0, 0.1) is 0 Å². The van der Waals surface area contributed by atoms with Crippen LogP contribution in [0.25, 0.3) is 10.9 Å². The van der Waals surface area contributed by atoms with Crippen LogP contribution in [0.15, 0.2) is 18.2 Å². The van der Waals surface area contributed by atoms with E-state index in [1.807, 2.05) is 17.8 Å². The molecule has 1 atom stereocenters. The second-order valence-electron chi connectivity index (χ2n) is 4.72. The molecule has 0 radical (unpaired) electrons. The molecule has 1 aromatic carbocycles. The minimum atomic E-state index is -0.135. The number of amides is 1. The van der Waals surface area contributed by atoms with Crippen LogP contribution in [0.2, 0.25) is 0 Å². The lowest BCUT2D eigenvalue weighted by atomic mass is 10.2. The van der Waals surface area contributed by atoms with Gasteiger partial charge in [0.25, 0.3) is 5.91 Å². The van der Waals surface area contributed by atoms with E-state index in [0.29, 0.717) is 23.2 Å². The molecule has 1 aliphatic rings. The third-order valence-electron chi connectivity index (χ3n) is 3.32. The van der Waals surface area contributed by atoms with Crippen LogP contribution in [0.5, 0.6) is 0 Å². The Hall–Kier alpha value is -1.69. The number of hydrogen-bond acceptors (Lipinski definition) is 4. The second kappa shape index (κ2) is 5.13. The smallest absolute Gasteiger partial charge is 0.272 e. The van der Waals surface area contributed by atoms with Gasteiger partial charge >= 0.3 is 0 Å². The van der Waals surface area contributed by atoms with E-state index in [1.165, 1.54) is 18.6 Å². The molecule has 1 amide bonds. The summed E-state index contributed by atoms with van der Waals surface area (Å²) in [6, 6.07) is 5.40. The highest BCUT2D eigenvalue weighted by molar-refractivity contribution is 8.00. The summed E-state index contributed by atoms with van der Waals surface area (Å²) in [6.45, 7) is 0.709. The van der Waals surface area contributed by atoms with Crippen molar-refractivity contribution < 1.29 is 4.79 Å². The van der Waals surface area contributed by atoms with Crippen LogP contribution in [-0.4, -0.2) is 33.7 Å². The van der Waals surface area contributed by atoms with Gasteiger partial charge in [0.15, 0.2) is 5.69 Å². The Labute approximate surface area is 115 Å². The van der Waals surface area contributed by atoms with Gasteiger partial charge in [0.2, 0.25) is 0 Å². The number of carbonyl (C=O) groups is 1. The Morgan fingerprint density at radius 1 is 1.58 bits per heavy atom. The summed E-state index contributed by atoms with van der Waals surface area (Å²) in [5.41, 5.74) is 7.63. The SMILES string of the molecule is Nc1ccc2[nH]nc(C(=O)NCC3CCCS3)c2c1. The molecule has 3 rings (SSSR count). The fourth-order valence-electron chi connectivity index (χ4n) is 2.30. The first kappa shape index (κ1) is 12.3. The highest BCUT2D eigenvalue weighted by atomic mass is 32.2. The van der Waals surface area contributed by atoms with E-state index in [1.54, 1.807) is 12.1 Å². The summed E-state index contributed by atoms with van der Waals surface area (Å²) in [6.07, 6.45) is 2.42. The Bertz CT molecular complexity index is 604. The molecule has 0 spiro atoms. The van der Waals surface area contributed by atoms with Crippen molar-refractivity contribution in [2.24, 2.45) is 0 Å². The zero-order valence-corrected chi connectivity index (χ0v) is 11.3. The highest BCUT2D eigenvalue weighted by Crippen LogP contribution is 2.25. The topological polar surface area (TPSA) is 83.8 Å². The van der Waals surface area contributed by atoms with Gasteiger partial charge in [-0.25, -0.2) is 0 Å². The molecule has 4 N–H and O–H groups in total. The highest BCUT2D eigenvalue weighted by Gasteiger charge is 2.19. The molecule has 0 aliphatic carbocycles. The summed E-state index contributed by atoms with van der Waals surface area (Å²) in [5, 5.41) is 11.2. The van der Waals surface area contributed by atoms with E-state index in [0.717, 1.165) is 10.9 Å². The molecule has 1 saturated heterocycles. The number of nitrogen functional groups attached to an aromatic ring is 1. The Kier molecular flexibility index (Phi) is 3.33. The third-order valence-corrected chi connectivity index (χ3v) is 4.71. The predicted octanol–water partition coefficient (Wildman–Crippen LogP) is 1.77. The average molecular weight is 276 g/mol. The molecular weight excluding hydrogens is 260 g/mol. The normalized spacial score (nSPS) is 18.8. The second-order valence-corrected chi connectivity index (χ2v) is 6.13. The maximum absolute atomic E-state index is 12.1. The monoisotopic (exact) mass is 276 g/mol. The van der Waals surface area contributed by atoms with Gasteiger partial charge in [0.1, 0.15) is 0 Å². The molecule has 0 bridgehead atoms. The minimum Gasteiger partial charge on any atom is -0.399 e. The largest absolute Gasteiger partial charge is 0.399 e. The molecule has 1 fully saturated rings. The molecule has 2 aromatic rings. The van der Waals surface area contributed by atoms with Gasteiger partial charge in [0, 0.05) is 22.9 Å². The van der Waals surface area contributed by atoms with Gasteiger partial charge < -0.3 is 11.1 Å². The number of rotatable bonds is 3. The Morgan fingerprint density at radius 2 is 2.47 bits per heavy atom. The molecule has 1 aromatic heterocycles. The molecule has 19 heavy (non-hydrogen) atoms. The van der Waals surface area contributed by atoms with Crippen molar-refractivity contribution in [2.45, 2.75) is 18.1 Å². The summed E-state index contributed by atoms with van der Waals surface area (Å²) < 4.78 is 0. The number of fused-ring (bicyclic) bond motifs is 1. The maximum Gasteiger partial charge on any atom is 0.272 e. The number of thioether (sulfide) groups is 1. The number of nitrogens with one attached hydrogen (secondary N) is 2. The lowest BCUT2D eigenvalue weighted by molar-refractivity contribution is 0.0950. The van der Waals surface area contributed by atoms with Crippen molar-refractivity contribution in [3.8, 4) is 0 Å². The summed E-state index contributed by atoms with van der Waals surface area (Å²) in [4.78, 5) is 12.1. The van der Waals surface area contributed by atoms with Crippen molar-refractivity contribution in [3.63, 3.8) is 0 Å². The number of hydrogen-bond donors (Lipinski definition) is 3. The van der Waals surface area contributed by atoms with Crippen molar-refractivity contribution in [1.82, 2.24) is 15.5 Å². The summed E-state index contributed by atoms with van der Waals surface area (Å²) in [5.74, 6) is 1.06. The maximum atomic E-state index is 12.1. The Balaban J connectivity index is 1.75. The van der Waals surface area contributed by atoms with Crippen LogP contribution in [0.1, 0.15) is 23.3 Å². The number of H-pyrrole nitrogens is 1. The number of aromatic amines is 1. The lowest BCUT2D eigenvalue weighted by Crippen LogP contribution is -2.30. The lowest BCUT2D eigenvalue weighted by Gasteiger charge is -2.09. The van der Waals surface area contributed by atoms with E-state index in [9.17, 15) is 4.79 Å². The molecular formula is C13H16N4OS. The zero-order valence-electron chi connectivity index (χ0n) is 10.5. The van der Waals surface area contributed by atoms with Crippen LogP contribution in [0.4, 0.5) is 5.69 Å². The minimum absolute atomic E-state index is 0.135. The van der Waals surface area contributed by atoms with Gasteiger partial charge in [-0.05, 0) is 36.8 Å². The first-order valence-electron chi connectivity index (χ1n) is 6.37. The molecule has 2 heterocycles. The van der Waals surface area contributed by atoms with E-state index in [-0.39, 0.29) is 5.91 Å². The number of nitrogens with two attached hydrogens (primary N) is 1. The number of carbonyl (C=O) groups excluding carboxylic acids is 1. The Morgan fingerprint density at radius 3 is 3.26 bits per heavy atom. The fourth-order valence-corrected chi connectivity index (χ4v) is 3.50. The molecule has 0 saturated carbocycles. The van der Waals surface area contributed by atoms with Crippen LogP contribution < -0.4 is 11.1 Å². The van der Waals surface area contributed by atoms with E-state index in [2.05, 4.69) is 15.5 Å². The number of nitrogens with zero attached hydrogens (tertiary/aromatic N) is 1. The van der Waals surface area contributed by atoms with Gasteiger partial charge in [-0.2, -0.15) is 16.9 Å². The molecule has 5 nitrogen and oxygen atoms in total. The molecule has 1 unspecified atom stereocenters. The van der Waals surface area contributed by atoms with Gasteiger partial charge in [-0.3, -0.25) is 9.89 Å². The van der Waals surface area contributed by atoms with Crippen LogP contribution in [0.3, 0.4) is 0 Å². The average Bonchev–Trinajstić information content (AvgIpc) is 3.04. The van der Waals surface area contributed by atoms with E-state index >= 15 is 0 Å². The first-order valence-corrected chi connectivity index (χ1v) is 7.42. The standard InChI is InChI=1S/C13H16N4OS/c14-8-3-4-11-10(6-8)12(17-16-11)13(18)15-7-9-2-1-5-19-9/h3-4,6,9H,1-2,5,7,14H2,(H,15,18)(H,16,17). The van der Waals surface area contributed by atoms with Crippen molar-refractivity contribution in [3.05, 3.63) is 23.9 Å². The fraction of sp³-hybridized carbons (Fsp3) is 0.385. The summed E-state index contributed by atoms with van der Waals surface area (Å²) in [7, 11) is 0. The molecule has 6 heteroatoms. The van der Waals surface area contributed by atoms with E-state index in [4.69, 9.17) is 5.73 Å². The predicted molar refractivity (Wildman–Crippen MR) is 78.3 cm³/mol. The van der Waals surface area contributed by atoms with Crippen molar-refractivity contribution in [1.29, 1.82) is 0 Å². The van der Waals surface area contributed by atoms with Crippen LogP contribution >= 0.6 is 11.8 Å². The molecule has 1 aliphatic heterocycles. The number of benzene rings is 1. The summed E-state index contributed by atoms with van der Waals surface area (Å²) >= 11 is 1.92. The van der Waals surface area contributed by atoms with Gasteiger partial charge in [0.05, 0.1) is 5.52 Å². The van der Waals surface area contributed by atoms with Gasteiger partial charge in [-0.1, -0.05) is 0 Å². The number of aromatic nitrogens is 2. The first-order chi connectivity index (χ1) is 9.24.